The third-order valence-corrected chi connectivity index (χ3v) is 3.58. The Morgan fingerprint density at radius 2 is 1.83 bits per heavy atom. The molecule has 100 valence electrons. The quantitative estimate of drug-likeness (QED) is 0.783. The van der Waals surface area contributed by atoms with E-state index >= 15 is 0 Å². The van der Waals surface area contributed by atoms with Gasteiger partial charge in [0.1, 0.15) is 0 Å². The van der Waals surface area contributed by atoms with Crippen LogP contribution in [0.2, 0.25) is 0 Å². The topological polar surface area (TPSA) is 29.3 Å². The Hall–Kier alpha value is -1.39. The second-order valence-corrected chi connectivity index (χ2v) is 4.84. The zero-order valence-corrected chi connectivity index (χ0v) is 10.3. The number of nitrogens with two attached hydrogens (primary N) is 1. The van der Waals surface area contributed by atoms with Crippen molar-refractivity contribution in [1.82, 2.24) is 0 Å². The molecule has 2 rings (SSSR count). The summed E-state index contributed by atoms with van der Waals surface area (Å²) in [6.07, 6.45) is -3.71. The zero-order chi connectivity index (χ0) is 13.3. The first kappa shape index (κ1) is 13.1. The molecule has 1 aliphatic rings. The van der Waals surface area contributed by atoms with Crippen LogP contribution in [0.4, 0.5) is 24.5 Å². The Bertz CT molecular complexity index is 421. The van der Waals surface area contributed by atoms with E-state index in [9.17, 15) is 13.2 Å². The van der Waals surface area contributed by atoms with Gasteiger partial charge < -0.3 is 10.6 Å². The van der Waals surface area contributed by atoms with E-state index in [4.69, 9.17) is 5.73 Å². The SMILES string of the molecule is Cc1cc(N2CCC(C(F)(F)F)CC2)ccc1N. The molecule has 1 saturated heterocycles. The average Bonchev–Trinajstić information content (AvgIpc) is 2.32. The van der Waals surface area contributed by atoms with Crippen LogP contribution in [0, 0.1) is 12.8 Å². The summed E-state index contributed by atoms with van der Waals surface area (Å²) in [7, 11) is 0. The van der Waals surface area contributed by atoms with E-state index in [1.165, 1.54) is 0 Å². The Balaban J connectivity index is 2.03. The highest BCUT2D eigenvalue weighted by molar-refractivity contribution is 5.58. The van der Waals surface area contributed by atoms with Crippen LogP contribution in [-0.4, -0.2) is 19.3 Å². The number of rotatable bonds is 1. The molecule has 0 amide bonds. The summed E-state index contributed by atoms with van der Waals surface area (Å²) >= 11 is 0. The molecule has 5 heteroatoms. The Labute approximate surface area is 105 Å². The van der Waals surface area contributed by atoms with Crippen LogP contribution in [0.15, 0.2) is 18.2 Å². The molecule has 0 bridgehead atoms. The summed E-state index contributed by atoms with van der Waals surface area (Å²) in [6.45, 7) is 2.81. The molecule has 1 fully saturated rings. The molecule has 0 spiro atoms. The first-order valence-electron chi connectivity index (χ1n) is 6.05. The van der Waals surface area contributed by atoms with Crippen molar-refractivity contribution in [3.63, 3.8) is 0 Å². The van der Waals surface area contributed by atoms with Crippen molar-refractivity contribution in [3.05, 3.63) is 23.8 Å². The number of nitrogens with zero attached hydrogens (tertiary/aromatic N) is 1. The van der Waals surface area contributed by atoms with Crippen LogP contribution in [0.25, 0.3) is 0 Å². The van der Waals surface area contributed by atoms with E-state index < -0.39 is 12.1 Å². The molecular formula is C13H17F3N2. The van der Waals surface area contributed by atoms with Crippen LogP contribution >= 0.6 is 0 Å². The van der Waals surface area contributed by atoms with Crippen molar-refractivity contribution in [2.24, 2.45) is 5.92 Å². The second-order valence-electron chi connectivity index (χ2n) is 4.84. The van der Waals surface area contributed by atoms with E-state index in [0.717, 1.165) is 11.3 Å². The van der Waals surface area contributed by atoms with E-state index in [2.05, 4.69) is 0 Å². The van der Waals surface area contributed by atoms with Crippen molar-refractivity contribution >= 4 is 11.4 Å². The number of aryl methyl sites for hydroxylation is 1. The molecule has 2 N–H and O–H groups in total. The first-order valence-corrected chi connectivity index (χ1v) is 6.05. The van der Waals surface area contributed by atoms with E-state index in [0.29, 0.717) is 18.8 Å². The molecule has 2 nitrogen and oxygen atoms in total. The number of alkyl halides is 3. The van der Waals surface area contributed by atoms with Gasteiger partial charge in [0.25, 0.3) is 0 Å². The van der Waals surface area contributed by atoms with Crippen LogP contribution in [0.5, 0.6) is 0 Å². The van der Waals surface area contributed by atoms with E-state index in [1.54, 1.807) is 6.07 Å². The Kier molecular flexibility index (Phi) is 3.41. The molecule has 1 aromatic rings. The molecule has 0 aliphatic carbocycles. The molecular weight excluding hydrogens is 241 g/mol. The van der Waals surface area contributed by atoms with Gasteiger partial charge in [0.15, 0.2) is 0 Å². The first-order chi connectivity index (χ1) is 8.38. The highest BCUT2D eigenvalue weighted by Crippen LogP contribution is 2.35. The molecule has 0 aromatic heterocycles. The van der Waals surface area contributed by atoms with Crippen molar-refractivity contribution in [2.75, 3.05) is 23.7 Å². The van der Waals surface area contributed by atoms with Crippen LogP contribution in [0.1, 0.15) is 18.4 Å². The number of hydrogen-bond acceptors (Lipinski definition) is 2. The van der Waals surface area contributed by atoms with Crippen LogP contribution in [-0.2, 0) is 0 Å². The van der Waals surface area contributed by atoms with Crippen LogP contribution in [0.3, 0.4) is 0 Å². The minimum Gasteiger partial charge on any atom is -0.399 e. The smallest absolute Gasteiger partial charge is 0.391 e. The number of hydrogen-bond donors (Lipinski definition) is 1. The summed E-state index contributed by atoms with van der Waals surface area (Å²) in [4.78, 5) is 1.99. The third kappa shape index (κ3) is 2.71. The maximum absolute atomic E-state index is 12.6. The fourth-order valence-corrected chi connectivity index (χ4v) is 2.32. The highest BCUT2D eigenvalue weighted by atomic mass is 19.4. The van der Waals surface area contributed by atoms with Crippen molar-refractivity contribution in [2.45, 2.75) is 25.9 Å². The van der Waals surface area contributed by atoms with Gasteiger partial charge in [0.2, 0.25) is 0 Å². The van der Waals surface area contributed by atoms with Crippen LogP contribution < -0.4 is 10.6 Å². The lowest BCUT2D eigenvalue weighted by Gasteiger charge is -2.34. The summed E-state index contributed by atoms with van der Waals surface area (Å²) in [5.74, 6) is -1.15. The van der Waals surface area contributed by atoms with Gasteiger partial charge in [-0.1, -0.05) is 0 Å². The molecule has 0 radical (unpaired) electrons. The van der Waals surface area contributed by atoms with Gasteiger partial charge in [-0.05, 0) is 43.5 Å². The van der Waals surface area contributed by atoms with E-state index in [1.807, 2.05) is 24.0 Å². The lowest BCUT2D eigenvalue weighted by atomic mass is 9.96. The lowest BCUT2D eigenvalue weighted by molar-refractivity contribution is -0.179. The lowest BCUT2D eigenvalue weighted by Crippen LogP contribution is -2.39. The number of benzene rings is 1. The maximum Gasteiger partial charge on any atom is 0.391 e. The van der Waals surface area contributed by atoms with Gasteiger partial charge in [-0.2, -0.15) is 13.2 Å². The van der Waals surface area contributed by atoms with Gasteiger partial charge in [0.05, 0.1) is 5.92 Å². The summed E-state index contributed by atoms with van der Waals surface area (Å²) < 4.78 is 37.7. The number of nitrogen functional groups attached to an aromatic ring is 1. The standard InChI is InChI=1S/C13H17F3N2/c1-9-8-11(2-3-12(9)17)18-6-4-10(5-7-18)13(14,15)16/h2-3,8,10H,4-7,17H2,1H3. The van der Waals surface area contributed by atoms with Gasteiger partial charge >= 0.3 is 6.18 Å². The molecule has 18 heavy (non-hydrogen) atoms. The number of anilines is 2. The molecule has 1 heterocycles. The number of halogens is 3. The maximum atomic E-state index is 12.6. The predicted molar refractivity (Wildman–Crippen MR) is 66.6 cm³/mol. The third-order valence-electron chi connectivity index (χ3n) is 3.58. The summed E-state index contributed by atoms with van der Waals surface area (Å²) in [5, 5.41) is 0. The van der Waals surface area contributed by atoms with Gasteiger partial charge in [0, 0.05) is 24.5 Å². The monoisotopic (exact) mass is 258 g/mol. The molecule has 1 aliphatic heterocycles. The average molecular weight is 258 g/mol. The minimum absolute atomic E-state index is 0.174. The number of piperidine rings is 1. The Morgan fingerprint density at radius 3 is 2.33 bits per heavy atom. The van der Waals surface area contributed by atoms with Crippen molar-refractivity contribution in [3.8, 4) is 0 Å². The highest BCUT2D eigenvalue weighted by Gasteiger charge is 2.41. The van der Waals surface area contributed by atoms with Gasteiger partial charge in [-0.3, -0.25) is 0 Å². The summed E-state index contributed by atoms with van der Waals surface area (Å²) in [5.41, 5.74) is 8.37. The molecule has 0 atom stereocenters. The van der Waals surface area contributed by atoms with Crippen molar-refractivity contribution < 1.29 is 13.2 Å². The Morgan fingerprint density at radius 1 is 1.22 bits per heavy atom. The zero-order valence-electron chi connectivity index (χ0n) is 10.3. The molecule has 0 saturated carbocycles. The fraction of sp³-hybridized carbons (Fsp3) is 0.538. The fourth-order valence-electron chi connectivity index (χ4n) is 2.32. The normalized spacial score (nSPS) is 18.1. The summed E-state index contributed by atoms with van der Waals surface area (Å²) in [6, 6.07) is 5.61. The van der Waals surface area contributed by atoms with Crippen molar-refractivity contribution in [1.29, 1.82) is 0 Å². The van der Waals surface area contributed by atoms with E-state index in [-0.39, 0.29) is 12.8 Å². The molecule has 0 unspecified atom stereocenters. The largest absolute Gasteiger partial charge is 0.399 e. The van der Waals surface area contributed by atoms with Gasteiger partial charge in [-0.25, -0.2) is 0 Å². The van der Waals surface area contributed by atoms with Gasteiger partial charge in [-0.15, -0.1) is 0 Å². The predicted octanol–water partition coefficient (Wildman–Crippen LogP) is 3.36. The molecule has 1 aromatic carbocycles. The second kappa shape index (κ2) is 4.71. The minimum atomic E-state index is -4.05.